The molecule has 20 heavy (non-hydrogen) atoms. The Morgan fingerprint density at radius 1 is 1.25 bits per heavy atom. The Morgan fingerprint density at radius 2 is 2.00 bits per heavy atom. The SMILES string of the molecule is CCOC1CC(CC(=O)N2C3CCC2C(C(=O)O)C3)C1. The maximum absolute atomic E-state index is 12.4. The van der Waals surface area contributed by atoms with Crippen molar-refractivity contribution < 1.29 is 19.4 Å². The number of nitrogens with zero attached hydrogens (tertiary/aromatic N) is 1. The second-order valence-electron chi connectivity index (χ2n) is 6.40. The van der Waals surface area contributed by atoms with Gasteiger partial charge in [0.1, 0.15) is 0 Å². The molecule has 3 aliphatic rings. The minimum Gasteiger partial charge on any atom is -0.481 e. The first-order valence-electron chi connectivity index (χ1n) is 7.75. The van der Waals surface area contributed by atoms with Crippen LogP contribution in [0, 0.1) is 11.8 Å². The molecule has 2 saturated heterocycles. The number of carbonyl (C=O) groups excluding carboxylic acids is 1. The van der Waals surface area contributed by atoms with Crippen LogP contribution < -0.4 is 0 Å². The normalized spacial score (nSPS) is 38.9. The summed E-state index contributed by atoms with van der Waals surface area (Å²) in [6.45, 7) is 2.73. The van der Waals surface area contributed by atoms with Gasteiger partial charge in [0.15, 0.2) is 0 Å². The highest BCUT2D eigenvalue weighted by molar-refractivity contribution is 5.80. The van der Waals surface area contributed by atoms with Crippen molar-refractivity contribution in [2.24, 2.45) is 11.8 Å². The van der Waals surface area contributed by atoms with Crippen molar-refractivity contribution in [1.82, 2.24) is 4.90 Å². The fourth-order valence-electron chi connectivity index (χ4n) is 4.21. The van der Waals surface area contributed by atoms with Crippen molar-refractivity contribution in [2.45, 2.75) is 63.6 Å². The van der Waals surface area contributed by atoms with E-state index >= 15 is 0 Å². The second-order valence-corrected chi connectivity index (χ2v) is 6.40. The zero-order chi connectivity index (χ0) is 14.3. The van der Waals surface area contributed by atoms with Gasteiger partial charge in [0.2, 0.25) is 5.91 Å². The average Bonchev–Trinajstić information content (AvgIpc) is 2.93. The van der Waals surface area contributed by atoms with E-state index in [1.165, 1.54) is 0 Å². The van der Waals surface area contributed by atoms with Gasteiger partial charge in [-0.2, -0.15) is 0 Å². The van der Waals surface area contributed by atoms with Crippen LogP contribution in [0.15, 0.2) is 0 Å². The molecule has 3 rings (SSSR count). The number of carbonyl (C=O) groups is 2. The second kappa shape index (κ2) is 5.35. The van der Waals surface area contributed by atoms with Crippen LogP contribution >= 0.6 is 0 Å². The molecular weight excluding hydrogens is 258 g/mol. The van der Waals surface area contributed by atoms with Crippen LogP contribution in [-0.2, 0) is 14.3 Å². The van der Waals surface area contributed by atoms with Gasteiger partial charge in [-0.3, -0.25) is 9.59 Å². The third-order valence-corrected chi connectivity index (χ3v) is 5.20. The largest absolute Gasteiger partial charge is 0.481 e. The first-order chi connectivity index (χ1) is 9.60. The third-order valence-electron chi connectivity index (χ3n) is 5.20. The van der Waals surface area contributed by atoms with E-state index in [4.69, 9.17) is 4.74 Å². The van der Waals surface area contributed by atoms with E-state index < -0.39 is 5.97 Å². The maximum atomic E-state index is 12.4. The fraction of sp³-hybridized carbons (Fsp3) is 0.867. The van der Waals surface area contributed by atoms with Gasteiger partial charge in [-0.25, -0.2) is 0 Å². The van der Waals surface area contributed by atoms with Gasteiger partial charge in [-0.15, -0.1) is 0 Å². The summed E-state index contributed by atoms with van der Waals surface area (Å²) in [5, 5.41) is 9.21. The number of rotatable bonds is 5. The topological polar surface area (TPSA) is 66.8 Å². The smallest absolute Gasteiger partial charge is 0.308 e. The molecule has 0 spiro atoms. The highest BCUT2D eigenvalue weighted by atomic mass is 16.5. The van der Waals surface area contributed by atoms with Crippen LogP contribution in [0.2, 0.25) is 0 Å². The van der Waals surface area contributed by atoms with Crippen molar-refractivity contribution in [1.29, 1.82) is 0 Å². The molecule has 3 unspecified atom stereocenters. The average molecular weight is 281 g/mol. The molecule has 2 aliphatic heterocycles. The summed E-state index contributed by atoms with van der Waals surface area (Å²) in [4.78, 5) is 25.5. The summed E-state index contributed by atoms with van der Waals surface area (Å²) < 4.78 is 5.52. The molecule has 5 heteroatoms. The highest BCUT2D eigenvalue weighted by Crippen LogP contribution is 2.43. The lowest BCUT2D eigenvalue weighted by molar-refractivity contribution is -0.143. The molecule has 1 N–H and O–H groups in total. The van der Waals surface area contributed by atoms with E-state index in [0.717, 1.165) is 32.3 Å². The molecule has 2 bridgehead atoms. The van der Waals surface area contributed by atoms with Crippen molar-refractivity contribution >= 4 is 11.9 Å². The number of ether oxygens (including phenoxy) is 1. The summed E-state index contributed by atoms with van der Waals surface area (Å²) in [7, 11) is 0. The molecule has 3 fully saturated rings. The van der Waals surface area contributed by atoms with Gasteiger partial charge in [0.05, 0.1) is 12.0 Å². The molecule has 112 valence electrons. The minimum absolute atomic E-state index is 0.0484. The lowest BCUT2D eigenvalue weighted by Gasteiger charge is -2.36. The lowest BCUT2D eigenvalue weighted by Crippen LogP contribution is -2.41. The molecule has 1 aliphatic carbocycles. The summed E-state index contributed by atoms with van der Waals surface area (Å²) >= 11 is 0. The Kier molecular flexibility index (Phi) is 3.71. The molecule has 5 nitrogen and oxygen atoms in total. The number of carboxylic acid groups (broad SMARTS) is 1. The Hall–Kier alpha value is -1.10. The Morgan fingerprint density at radius 3 is 2.60 bits per heavy atom. The number of carboxylic acids is 1. The van der Waals surface area contributed by atoms with Crippen molar-refractivity contribution in [2.75, 3.05) is 6.61 Å². The van der Waals surface area contributed by atoms with Gasteiger partial charge < -0.3 is 14.7 Å². The van der Waals surface area contributed by atoms with Gasteiger partial charge in [-0.05, 0) is 44.9 Å². The van der Waals surface area contributed by atoms with E-state index in [2.05, 4.69) is 0 Å². The van der Waals surface area contributed by atoms with E-state index in [9.17, 15) is 14.7 Å². The quantitative estimate of drug-likeness (QED) is 0.832. The van der Waals surface area contributed by atoms with Gasteiger partial charge >= 0.3 is 5.97 Å². The standard InChI is InChI=1S/C15H23NO4/c1-2-20-11-5-9(6-11)7-14(17)16-10-3-4-13(16)12(8-10)15(18)19/h9-13H,2-8H2,1H3,(H,18,19). The van der Waals surface area contributed by atoms with E-state index in [1.807, 2.05) is 11.8 Å². The number of aliphatic carboxylic acids is 1. The van der Waals surface area contributed by atoms with Crippen molar-refractivity contribution in [3.8, 4) is 0 Å². The molecule has 2 heterocycles. The maximum Gasteiger partial charge on any atom is 0.308 e. The Bertz CT molecular complexity index is 405. The molecule has 3 atom stereocenters. The Labute approximate surface area is 119 Å². The summed E-state index contributed by atoms with van der Waals surface area (Å²) in [5.41, 5.74) is 0. The van der Waals surface area contributed by atoms with E-state index in [0.29, 0.717) is 24.9 Å². The highest BCUT2D eigenvalue weighted by Gasteiger charge is 2.51. The predicted octanol–water partition coefficient (Wildman–Crippen LogP) is 1.66. The third kappa shape index (κ3) is 2.32. The first-order valence-corrected chi connectivity index (χ1v) is 7.75. The summed E-state index contributed by atoms with van der Waals surface area (Å²) in [5.74, 6) is -0.478. The van der Waals surface area contributed by atoms with E-state index in [1.54, 1.807) is 0 Å². The zero-order valence-electron chi connectivity index (χ0n) is 12.0. The van der Waals surface area contributed by atoms with Gasteiger partial charge in [0, 0.05) is 25.1 Å². The molecule has 1 amide bonds. The molecule has 0 aromatic carbocycles. The molecule has 0 radical (unpaired) electrons. The van der Waals surface area contributed by atoms with Gasteiger partial charge in [0.25, 0.3) is 0 Å². The van der Waals surface area contributed by atoms with Crippen molar-refractivity contribution in [3.63, 3.8) is 0 Å². The number of hydrogen-bond donors (Lipinski definition) is 1. The van der Waals surface area contributed by atoms with Crippen LogP contribution in [0.25, 0.3) is 0 Å². The molecule has 1 saturated carbocycles. The monoisotopic (exact) mass is 281 g/mol. The van der Waals surface area contributed by atoms with Crippen LogP contribution in [0.5, 0.6) is 0 Å². The molecular formula is C15H23NO4. The van der Waals surface area contributed by atoms with Crippen molar-refractivity contribution in [3.05, 3.63) is 0 Å². The number of fused-ring (bicyclic) bond motifs is 2. The zero-order valence-corrected chi connectivity index (χ0v) is 12.0. The fourth-order valence-corrected chi connectivity index (χ4v) is 4.21. The Balaban J connectivity index is 1.53. The predicted molar refractivity (Wildman–Crippen MR) is 72.2 cm³/mol. The van der Waals surface area contributed by atoms with Crippen LogP contribution in [0.1, 0.15) is 45.4 Å². The first kappa shape index (κ1) is 13.9. The number of amides is 1. The van der Waals surface area contributed by atoms with Crippen LogP contribution in [0.4, 0.5) is 0 Å². The van der Waals surface area contributed by atoms with Crippen LogP contribution in [-0.4, -0.2) is 46.7 Å². The number of hydrogen-bond acceptors (Lipinski definition) is 3. The lowest BCUT2D eigenvalue weighted by atomic mass is 9.79. The summed E-state index contributed by atoms with van der Waals surface area (Å²) in [6.07, 6.45) is 5.35. The molecule has 0 aromatic rings. The van der Waals surface area contributed by atoms with Gasteiger partial charge in [-0.1, -0.05) is 0 Å². The van der Waals surface area contributed by atoms with Crippen LogP contribution in [0.3, 0.4) is 0 Å². The summed E-state index contributed by atoms with van der Waals surface area (Å²) in [6, 6.07) is 0.129. The minimum atomic E-state index is -0.741. The van der Waals surface area contributed by atoms with E-state index in [-0.39, 0.29) is 23.9 Å². The molecule has 0 aromatic heterocycles.